The van der Waals surface area contributed by atoms with Crippen LogP contribution in [0.3, 0.4) is 0 Å². The molecule has 1 unspecified atom stereocenters. The number of H-pyrrole nitrogens is 1. The molecule has 4 rings (SSSR count). The summed E-state index contributed by atoms with van der Waals surface area (Å²) >= 11 is 18.0. The van der Waals surface area contributed by atoms with Gasteiger partial charge in [-0.1, -0.05) is 34.8 Å². The monoisotopic (exact) mass is 395 g/mol. The molecule has 1 fully saturated rings. The average Bonchev–Trinajstić information content (AvgIpc) is 2.91. The van der Waals surface area contributed by atoms with E-state index in [1.807, 2.05) is 18.2 Å². The quantitative estimate of drug-likeness (QED) is 0.632. The van der Waals surface area contributed by atoms with Crippen molar-refractivity contribution in [3.8, 4) is 0 Å². The zero-order valence-electron chi connectivity index (χ0n) is 13.3. The molecule has 1 atom stereocenters. The van der Waals surface area contributed by atoms with Crippen LogP contribution in [0.15, 0.2) is 30.3 Å². The first kappa shape index (κ1) is 16.9. The molecule has 2 aromatic heterocycles. The summed E-state index contributed by atoms with van der Waals surface area (Å²) in [5.74, 6) is 0.841. The van der Waals surface area contributed by atoms with Gasteiger partial charge in [0.25, 0.3) is 0 Å². The standard InChI is InChI=1S/C17H16Cl3N5/c18-11-5-10(6-12(19)7-11)8-21-9-13-3-4-25(13)17-22-14-1-2-15(20)23-16(14)24-17/h1-2,5-7,13,21H,3-4,8-9H2,(H,22,23,24). The van der Waals surface area contributed by atoms with Gasteiger partial charge in [0.15, 0.2) is 5.65 Å². The van der Waals surface area contributed by atoms with Gasteiger partial charge in [0.05, 0.1) is 5.52 Å². The number of nitrogens with zero attached hydrogens (tertiary/aromatic N) is 3. The summed E-state index contributed by atoms with van der Waals surface area (Å²) in [5, 5.41) is 5.23. The highest BCUT2D eigenvalue weighted by atomic mass is 35.5. The van der Waals surface area contributed by atoms with Crippen molar-refractivity contribution in [2.75, 3.05) is 18.0 Å². The van der Waals surface area contributed by atoms with E-state index in [0.717, 1.165) is 43.1 Å². The van der Waals surface area contributed by atoms with Crippen molar-refractivity contribution in [2.24, 2.45) is 0 Å². The van der Waals surface area contributed by atoms with Crippen molar-refractivity contribution in [3.05, 3.63) is 51.1 Å². The summed E-state index contributed by atoms with van der Waals surface area (Å²) in [6.45, 7) is 2.56. The summed E-state index contributed by atoms with van der Waals surface area (Å²) in [5.41, 5.74) is 2.62. The molecule has 0 radical (unpaired) electrons. The van der Waals surface area contributed by atoms with E-state index in [-0.39, 0.29) is 0 Å². The zero-order chi connectivity index (χ0) is 17.4. The number of anilines is 1. The van der Waals surface area contributed by atoms with Crippen LogP contribution in [0.2, 0.25) is 15.2 Å². The van der Waals surface area contributed by atoms with Gasteiger partial charge in [-0.15, -0.1) is 0 Å². The normalized spacial score (nSPS) is 17.1. The van der Waals surface area contributed by atoms with Crippen LogP contribution < -0.4 is 10.2 Å². The second-order valence-electron chi connectivity index (χ2n) is 6.11. The van der Waals surface area contributed by atoms with E-state index in [0.29, 0.717) is 26.9 Å². The molecule has 2 N–H and O–H groups in total. The minimum Gasteiger partial charge on any atom is -0.338 e. The van der Waals surface area contributed by atoms with Crippen molar-refractivity contribution in [2.45, 2.75) is 19.0 Å². The first-order valence-corrected chi connectivity index (χ1v) is 9.16. The SMILES string of the molecule is Clc1cc(Cl)cc(CNCC2CCN2c2nc3nc(Cl)ccc3[nH]2)c1. The molecule has 3 heterocycles. The van der Waals surface area contributed by atoms with Crippen LogP contribution in [0.1, 0.15) is 12.0 Å². The number of fused-ring (bicyclic) bond motifs is 1. The Morgan fingerprint density at radius 3 is 2.64 bits per heavy atom. The summed E-state index contributed by atoms with van der Waals surface area (Å²) in [4.78, 5) is 14.3. The van der Waals surface area contributed by atoms with E-state index in [2.05, 4.69) is 25.2 Å². The Labute approximate surface area is 160 Å². The van der Waals surface area contributed by atoms with Crippen LogP contribution in [-0.2, 0) is 6.54 Å². The van der Waals surface area contributed by atoms with Gasteiger partial charge in [0.1, 0.15) is 5.15 Å². The summed E-state index contributed by atoms with van der Waals surface area (Å²) in [6.07, 6.45) is 1.12. The molecule has 1 aliphatic heterocycles. The lowest BCUT2D eigenvalue weighted by Crippen LogP contribution is -2.53. The molecule has 0 amide bonds. The lowest BCUT2D eigenvalue weighted by Gasteiger charge is -2.41. The minimum absolute atomic E-state index is 0.394. The molecule has 130 valence electrons. The number of hydrogen-bond donors (Lipinski definition) is 2. The van der Waals surface area contributed by atoms with E-state index in [9.17, 15) is 0 Å². The average molecular weight is 397 g/mol. The Bertz CT molecular complexity index is 890. The van der Waals surface area contributed by atoms with Gasteiger partial charge in [-0.2, -0.15) is 4.98 Å². The maximum Gasteiger partial charge on any atom is 0.205 e. The zero-order valence-corrected chi connectivity index (χ0v) is 15.5. The summed E-state index contributed by atoms with van der Waals surface area (Å²) in [6, 6.07) is 9.64. The van der Waals surface area contributed by atoms with Crippen LogP contribution in [0, 0.1) is 0 Å². The fourth-order valence-electron chi connectivity index (χ4n) is 3.02. The molecular weight excluding hydrogens is 381 g/mol. The van der Waals surface area contributed by atoms with Crippen molar-refractivity contribution in [3.63, 3.8) is 0 Å². The number of halogens is 3. The molecular formula is C17H16Cl3N5. The summed E-state index contributed by atoms with van der Waals surface area (Å²) < 4.78 is 0. The number of imidazole rings is 1. The molecule has 0 aliphatic carbocycles. The number of aromatic amines is 1. The highest BCUT2D eigenvalue weighted by Gasteiger charge is 2.30. The van der Waals surface area contributed by atoms with Crippen molar-refractivity contribution in [1.82, 2.24) is 20.3 Å². The Morgan fingerprint density at radius 1 is 1.12 bits per heavy atom. The molecule has 1 aromatic carbocycles. The minimum atomic E-state index is 0.394. The first-order chi connectivity index (χ1) is 12.1. The van der Waals surface area contributed by atoms with E-state index in [1.165, 1.54) is 0 Å². The fraction of sp³-hybridized carbons (Fsp3) is 0.294. The number of rotatable bonds is 5. The lowest BCUT2D eigenvalue weighted by molar-refractivity contribution is 0.415. The van der Waals surface area contributed by atoms with Crippen molar-refractivity contribution in [1.29, 1.82) is 0 Å². The smallest absolute Gasteiger partial charge is 0.205 e. The summed E-state index contributed by atoms with van der Waals surface area (Å²) in [7, 11) is 0. The molecule has 8 heteroatoms. The highest BCUT2D eigenvalue weighted by molar-refractivity contribution is 6.34. The second kappa shape index (κ2) is 7.00. The van der Waals surface area contributed by atoms with Gasteiger partial charge in [0, 0.05) is 35.7 Å². The topological polar surface area (TPSA) is 56.8 Å². The third-order valence-corrected chi connectivity index (χ3v) is 4.99. The van der Waals surface area contributed by atoms with Gasteiger partial charge >= 0.3 is 0 Å². The van der Waals surface area contributed by atoms with Crippen LogP contribution in [0.5, 0.6) is 0 Å². The van der Waals surface area contributed by atoms with Gasteiger partial charge in [-0.25, -0.2) is 4.98 Å². The lowest BCUT2D eigenvalue weighted by atomic mass is 10.0. The maximum atomic E-state index is 6.03. The van der Waals surface area contributed by atoms with E-state index in [4.69, 9.17) is 34.8 Å². The van der Waals surface area contributed by atoms with E-state index in [1.54, 1.807) is 12.1 Å². The number of hydrogen-bond acceptors (Lipinski definition) is 4. The Balaban J connectivity index is 1.38. The van der Waals surface area contributed by atoms with Crippen LogP contribution in [0.25, 0.3) is 11.2 Å². The molecule has 25 heavy (non-hydrogen) atoms. The van der Waals surface area contributed by atoms with Gasteiger partial charge in [0.2, 0.25) is 5.95 Å². The Kier molecular flexibility index (Phi) is 4.73. The Morgan fingerprint density at radius 2 is 1.92 bits per heavy atom. The molecule has 0 saturated carbocycles. The van der Waals surface area contributed by atoms with Crippen molar-refractivity contribution >= 4 is 51.9 Å². The molecule has 0 spiro atoms. The van der Waals surface area contributed by atoms with Gasteiger partial charge in [-0.05, 0) is 42.3 Å². The van der Waals surface area contributed by atoms with Gasteiger partial charge in [-0.3, -0.25) is 0 Å². The van der Waals surface area contributed by atoms with Crippen LogP contribution >= 0.6 is 34.8 Å². The second-order valence-corrected chi connectivity index (χ2v) is 7.37. The third-order valence-electron chi connectivity index (χ3n) is 4.35. The van der Waals surface area contributed by atoms with Gasteiger partial charge < -0.3 is 15.2 Å². The van der Waals surface area contributed by atoms with Crippen LogP contribution in [-0.4, -0.2) is 34.1 Å². The molecule has 3 aromatic rings. The number of pyridine rings is 1. The van der Waals surface area contributed by atoms with Crippen LogP contribution in [0.4, 0.5) is 5.95 Å². The fourth-order valence-corrected chi connectivity index (χ4v) is 3.74. The molecule has 1 aliphatic rings. The largest absolute Gasteiger partial charge is 0.338 e. The number of benzene rings is 1. The number of aromatic nitrogens is 3. The van der Waals surface area contributed by atoms with Crippen molar-refractivity contribution < 1.29 is 0 Å². The maximum absolute atomic E-state index is 6.03. The van der Waals surface area contributed by atoms with E-state index >= 15 is 0 Å². The predicted molar refractivity (Wildman–Crippen MR) is 103 cm³/mol. The van der Waals surface area contributed by atoms with E-state index < -0.39 is 0 Å². The molecule has 5 nitrogen and oxygen atoms in total. The Hall–Kier alpha value is -1.53. The first-order valence-electron chi connectivity index (χ1n) is 8.03. The predicted octanol–water partition coefficient (Wildman–Crippen LogP) is 4.29. The number of nitrogens with one attached hydrogen (secondary N) is 2. The third kappa shape index (κ3) is 3.70. The molecule has 1 saturated heterocycles. The molecule has 0 bridgehead atoms. The highest BCUT2D eigenvalue weighted by Crippen LogP contribution is 2.26.